The van der Waals surface area contributed by atoms with Gasteiger partial charge in [0.25, 0.3) is 0 Å². The Labute approximate surface area is 151 Å². The fourth-order valence-corrected chi connectivity index (χ4v) is 6.86. The van der Waals surface area contributed by atoms with Gasteiger partial charge in [-0.2, -0.15) is 0 Å². The summed E-state index contributed by atoms with van der Waals surface area (Å²) in [4.78, 5) is 29.9. The van der Waals surface area contributed by atoms with Gasteiger partial charge in [0.05, 0.1) is 5.41 Å². The van der Waals surface area contributed by atoms with E-state index in [1.54, 1.807) is 6.92 Å². The summed E-state index contributed by atoms with van der Waals surface area (Å²) in [6, 6.07) is 0. The molecule has 2 atom stereocenters. The Bertz CT molecular complexity index is 539. The van der Waals surface area contributed by atoms with E-state index in [4.69, 9.17) is 0 Å². The van der Waals surface area contributed by atoms with Crippen LogP contribution in [-0.2, 0) is 9.59 Å². The van der Waals surface area contributed by atoms with Gasteiger partial charge in [0.15, 0.2) is 0 Å². The average molecular weight is 348 g/mol. The summed E-state index contributed by atoms with van der Waals surface area (Å²) in [7, 11) is 0. The SMILES string of the molecule is CCCN1CCN(C(=O)C23C[C@H]4C[C@@H](CC(NC(C)=O)(C4)C2)C3)CC1. The molecule has 5 fully saturated rings. The van der Waals surface area contributed by atoms with Gasteiger partial charge in [-0.25, -0.2) is 0 Å². The highest BCUT2D eigenvalue weighted by Crippen LogP contribution is 2.62. The third-order valence-corrected chi connectivity index (χ3v) is 7.16. The molecule has 1 saturated heterocycles. The van der Waals surface area contributed by atoms with Crippen molar-refractivity contribution in [1.82, 2.24) is 15.1 Å². The molecule has 1 N–H and O–H groups in total. The van der Waals surface area contributed by atoms with Crippen molar-refractivity contribution < 1.29 is 9.59 Å². The van der Waals surface area contributed by atoms with Crippen molar-refractivity contribution in [1.29, 1.82) is 0 Å². The number of nitrogens with one attached hydrogen (secondary N) is 1. The van der Waals surface area contributed by atoms with Crippen molar-refractivity contribution in [2.45, 2.75) is 64.3 Å². The van der Waals surface area contributed by atoms with Crippen LogP contribution >= 0.6 is 0 Å². The molecule has 4 saturated carbocycles. The van der Waals surface area contributed by atoms with Gasteiger partial charge in [0, 0.05) is 38.6 Å². The van der Waals surface area contributed by atoms with Crippen molar-refractivity contribution in [2.24, 2.45) is 17.3 Å². The summed E-state index contributed by atoms with van der Waals surface area (Å²) in [5, 5.41) is 3.28. The number of carbonyl (C=O) groups is 2. The first-order valence-corrected chi connectivity index (χ1v) is 10.2. The first-order valence-electron chi connectivity index (χ1n) is 10.2. The minimum absolute atomic E-state index is 0.0673. The van der Waals surface area contributed by atoms with Gasteiger partial charge in [-0.1, -0.05) is 6.92 Å². The number of rotatable bonds is 4. The topological polar surface area (TPSA) is 52.6 Å². The lowest BCUT2D eigenvalue weighted by molar-refractivity contribution is -0.164. The second-order valence-corrected chi connectivity index (χ2v) is 9.34. The maximum absolute atomic E-state index is 13.5. The second-order valence-electron chi connectivity index (χ2n) is 9.34. The molecule has 5 nitrogen and oxygen atoms in total. The van der Waals surface area contributed by atoms with E-state index in [1.807, 2.05) is 0 Å². The standard InChI is InChI=1S/C20H33N3O2/c1-3-4-22-5-7-23(8-6-22)18(25)19-10-16-9-17(11-19)13-20(12-16,14-19)21-15(2)24/h16-17H,3-14H2,1-2H3,(H,21,24)/t16-,17-,19?,20?/m1/s1. The average Bonchev–Trinajstić information content (AvgIpc) is 2.52. The first kappa shape index (κ1) is 17.3. The van der Waals surface area contributed by atoms with Gasteiger partial charge in [-0.3, -0.25) is 14.5 Å². The fourth-order valence-electron chi connectivity index (χ4n) is 6.86. The third-order valence-electron chi connectivity index (χ3n) is 7.16. The van der Waals surface area contributed by atoms with Crippen molar-refractivity contribution in [3.05, 3.63) is 0 Å². The second kappa shape index (κ2) is 6.26. The van der Waals surface area contributed by atoms with E-state index < -0.39 is 0 Å². The predicted molar refractivity (Wildman–Crippen MR) is 97.0 cm³/mol. The summed E-state index contributed by atoms with van der Waals surface area (Å²) in [5.41, 5.74) is -0.297. The first-order chi connectivity index (χ1) is 11.9. The van der Waals surface area contributed by atoms with E-state index in [1.165, 1.54) is 12.8 Å². The zero-order valence-electron chi connectivity index (χ0n) is 15.9. The molecule has 140 valence electrons. The van der Waals surface area contributed by atoms with Gasteiger partial charge in [0.1, 0.15) is 0 Å². The highest BCUT2D eigenvalue weighted by atomic mass is 16.2. The molecule has 5 rings (SSSR count). The molecule has 0 unspecified atom stereocenters. The van der Waals surface area contributed by atoms with E-state index in [9.17, 15) is 9.59 Å². The Morgan fingerprint density at radius 2 is 1.68 bits per heavy atom. The number of nitrogens with zero attached hydrogens (tertiary/aromatic N) is 2. The van der Waals surface area contributed by atoms with E-state index in [-0.39, 0.29) is 16.9 Å². The summed E-state index contributed by atoms with van der Waals surface area (Å²) < 4.78 is 0. The highest BCUT2D eigenvalue weighted by Gasteiger charge is 2.61. The molecule has 5 heteroatoms. The molecular formula is C20H33N3O2. The van der Waals surface area contributed by atoms with Gasteiger partial charge >= 0.3 is 0 Å². The Hall–Kier alpha value is -1.10. The fraction of sp³-hybridized carbons (Fsp3) is 0.900. The van der Waals surface area contributed by atoms with Crippen LogP contribution in [0.4, 0.5) is 0 Å². The van der Waals surface area contributed by atoms with Crippen LogP contribution in [0.15, 0.2) is 0 Å². The van der Waals surface area contributed by atoms with Crippen molar-refractivity contribution in [3.63, 3.8) is 0 Å². The molecule has 0 spiro atoms. The number of hydrogen-bond acceptors (Lipinski definition) is 3. The predicted octanol–water partition coefficient (Wildman–Crippen LogP) is 2.02. The van der Waals surface area contributed by atoms with Gasteiger partial charge in [0.2, 0.25) is 11.8 Å². The number of hydrogen-bond donors (Lipinski definition) is 1. The Balaban J connectivity index is 1.50. The van der Waals surface area contributed by atoms with Gasteiger partial charge in [-0.05, 0) is 63.3 Å². The summed E-state index contributed by atoms with van der Waals surface area (Å²) in [5.74, 6) is 1.71. The summed E-state index contributed by atoms with van der Waals surface area (Å²) >= 11 is 0. The van der Waals surface area contributed by atoms with Crippen molar-refractivity contribution in [2.75, 3.05) is 32.7 Å². The van der Waals surface area contributed by atoms with E-state index >= 15 is 0 Å². The van der Waals surface area contributed by atoms with Crippen molar-refractivity contribution >= 4 is 11.8 Å². The molecule has 0 aromatic carbocycles. The third kappa shape index (κ3) is 3.09. The number of amides is 2. The summed E-state index contributed by atoms with van der Waals surface area (Å²) in [6.07, 6.45) is 7.60. The van der Waals surface area contributed by atoms with Crippen LogP contribution in [0.5, 0.6) is 0 Å². The van der Waals surface area contributed by atoms with Crippen LogP contribution in [0.2, 0.25) is 0 Å². The van der Waals surface area contributed by atoms with Crippen molar-refractivity contribution in [3.8, 4) is 0 Å². The lowest BCUT2D eigenvalue weighted by Gasteiger charge is -2.62. The van der Waals surface area contributed by atoms with Crippen LogP contribution in [-0.4, -0.2) is 59.9 Å². The van der Waals surface area contributed by atoms with Gasteiger partial charge in [-0.15, -0.1) is 0 Å². The molecule has 1 heterocycles. The quantitative estimate of drug-likeness (QED) is 0.846. The molecule has 4 aliphatic carbocycles. The zero-order chi connectivity index (χ0) is 17.7. The van der Waals surface area contributed by atoms with E-state index in [2.05, 4.69) is 22.0 Å². The minimum atomic E-state index is -0.195. The van der Waals surface area contributed by atoms with Gasteiger partial charge < -0.3 is 10.2 Å². The maximum Gasteiger partial charge on any atom is 0.228 e. The minimum Gasteiger partial charge on any atom is -0.351 e. The normalized spacial score (nSPS) is 40.3. The van der Waals surface area contributed by atoms with Crippen LogP contribution < -0.4 is 5.32 Å². The number of piperazine rings is 1. The molecule has 25 heavy (non-hydrogen) atoms. The molecule has 0 aromatic rings. The van der Waals surface area contributed by atoms with Crippen LogP contribution in [0, 0.1) is 17.3 Å². The lowest BCUT2D eigenvalue weighted by atomic mass is 9.46. The molecule has 1 aliphatic heterocycles. The smallest absolute Gasteiger partial charge is 0.228 e. The lowest BCUT2D eigenvalue weighted by Crippen LogP contribution is -2.66. The Kier molecular flexibility index (Phi) is 4.33. The number of carbonyl (C=O) groups excluding carboxylic acids is 2. The largest absolute Gasteiger partial charge is 0.351 e. The molecule has 5 aliphatic rings. The monoisotopic (exact) mass is 347 g/mol. The molecule has 2 amide bonds. The van der Waals surface area contributed by atoms with E-state index in [0.717, 1.165) is 64.8 Å². The van der Waals surface area contributed by atoms with E-state index in [0.29, 0.717) is 17.7 Å². The molecule has 0 aromatic heterocycles. The molecule has 4 bridgehead atoms. The molecular weight excluding hydrogens is 314 g/mol. The zero-order valence-corrected chi connectivity index (χ0v) is 15.9. The van der Waals surface area contributed by atoms with Crippen LogP contribution in [0.3, 0.4) is 0 Å². The maximum atomic E-state index is 13.5. The Morgan fingerprint density at radius 3 is 2.24 bits per heavy atom. The Morgan fingerprint density at radius 1 is 1.04 bits per heavy atom. The highest BCUT2D eigenvalue weighted by molar-refractivity contribution is 5.84. The van der Waals surface area contributed by atoms with Crippen LogP contribution in [0.25, 0.3) is 0 Å². The van der Waals surface area contributed by atoms with Crippen LogP contribution in [0.1, 0.15) is 58.8 Å². The summed E-state index contributed by atoms with van der Waals surface area (Å²) in [6.45, 7) is 8.77. The molecule has 0 radical (unpaired) electrons.